The molecule has 0 atom stereocenters. The molecule has 3 nitrogen and oxygen atoms in total. The fourth-order valence-electron chi connectivity index (χ4n) is 1.67. The number of carbonyl (C=O) groups is 1. The lowest BCUT2D eigenvalue weighted by molar-refractivity contribution is -0.134. The van der Waals surface area contributed by atoms with Crippen LogP contribution in [0.15, 0.2) is 36.0 Å². The molecule has 0 unspecified atom stereocenters. The molecule has 1 aliphatic heterocycles. The van der Waals surface area contributed by atoms with Crippen molar-refractivity contribution in [2.45, 2.75) is 12.8 Å². The summed E-state index contributed by atoms with van der Waals surface area (Å²) < 4.78 is 4.59. The van der Waals surface area contributed by atoms with E-state index < -0.39 is 0 Å². The summed E-state index contributed by atoms with van der Waals surface area (Å²) in [5.74, 6) is -0.308. The zero-order valence-corrected chi connectivity index (χ0v) is 8.62. The van der Waals surface area contributed by atoms with E-state index in [1.807, 2.05) is 18.2 Å². The van der Waals surface area contributed by atoms with Crippen molar-refractivity contribution in [1.29, 1.82) is 0 Å². The zero-order chi connectivity index (χ0) is 10.7. The second-order valence-corrected chi connectivity index (χ2v) is 3.47. The molecule has 1 heterocycles. The lowest BCUT2D eigenvalue weighted by Crippen LogP contribution is -2.12. The van der Waals surface area contributed by atoms with Crippen LogP contribution in [0.5, 0.6) is 0 Å². The fourth-order valence-corrected chi connectivity index (χ4v) is 1.67. The van der Waals surface area contributed by atoms with Crippen molar-refractivity contribution in [2.24, 2.45) is 0 Å². The Labute approximate surface area is 88.8 Å². The number of aryl methyl sites for hydroxylation is 1. The minimum atomic E-state index is -0.308. The highest BCUT2D eigenvalue weighted by Gasteiger charge is 2.12. The maximum atomic E-state index is 11.1. The number of ether oxygens (including phenoxy) is 1. The minimum Gasteiger partial charge on any atom is -0.466 e. The third-order valence-electron chi connectivity index (χ3n) is 2.47. The molecule has 1 aromatic carbocycles. The summed E-state index contributed by atoms with van der Waals surface area (Å²) in [6, 6.07) is 8.11. The molecule has 0 radical (unpaired) electrons. The van der Waals surface area contributed by atoms with E-state index in [9.17, 15) is 4.79 Å². The van der Waals surface area contributed by atoms with Crippen LogP contribution < -0.4 is 5.32 Å². The summed E-state index contributed by atoms with van der Waals surface area (Å²) >= 11 is 0. The van der Waals surface area contributed by atoms with Crippen LogP contribution in [-0.2, 0) is 16.0 Å². The van der Waals surface area contributed by atoms with Crippen LogP contribution >= 0.6 is 0 Å². The van der Waals surface area contributed by atoms with Gasteiger partial charge in [0.25, 0.3) is 0 Å². The second kappa shape index (κ2) is 4.17. The average molecular weight is 203 g/mol. The zero-order valence-electron chi connectivity index (χ0n) is 8.62. The van der Waals surface area contributed by atoms with Gasteiger partial charge in [0.05, 0.1) is 7.11 Å². The summed E-state index contributed by atoms with van der Waals surface area (Å²) in [6.45, 7) is 0. The van der Waals surface area contributed by atoms with Crippen LogP contribution in [0.4, 0.5) is 5.69 Å². The van der Waals surface area contributed by atoms with Gasteiger partial charge in [-0.2, -0.15) is 0 Å². The number of hydrogen-bond acceptors (Lipinski definition) is 3. The summed E-state index contributed by atoms with van der Waals surface area (Å²) in [7, 11) is 1.39. The predicted octanol–water partition coefficient (Wildman–Crippen LogP) is 2.10. The first kappa shape index (κ1) is 9.77. The Morgan fingerprint density at radius 2 is 2.20 bits per heavy atom. The van der Waals surface area contributed by atoms with Crippen LogP contribution in [0.3, 0.4) is 0 Å². The van der Waals surface area contributed by atoms with E-state index in [2.05, 4.69) is 16.1 Å². The topological polar surface area (TPSA) is 38.3 Å². The van der Waals surface area contributed by atoms with E-state index in [0.29, 0.717) is 0 Å². The molecule has 0 fully saturated rings. The summed E-state index contributed by atoms with van der Waals surface area (Å²) in [5.41, 5.74) is 3.29. The SMILES string of the molecule is COC(=O)/C=C1/CCc2ccccc2N1. The van der Waals surface area contributed by atoms with Gasteiger partial charge in [0.1, 0.15) is 0 Å². The van der Waals surface area contributed by atoms with E-state index in [0.717, 1.165) is 24.2 Å². The van der Waals surface area contributed by atoms with Gasteiger partial charge >= 0.3 is 5.97 Å². The first-order chi connectivity index (χ1) is 7.29. The number of carbonyl (C=O) groups excluding carboxylic acids is 1. The third kappa shape index (κ3) is 2.18. The number of benzene rings is 1. The first-order valence-corrected chi connectivity index (χ1v) is 4.93. The number of para-hydroxylation sites is 1. The molecule has 0 aromatic heterocycles. The van der Waals surface area contributed by atoms with Crippen LogP contribution in [0, 0.1) is 0 Å². The normalized spacial score (nSPS) is 16.7. The molecule has 0 spiro atoms. The Kier molecular flexibility index (Phi) is 2.72. The average Bonchev–Trinajstić information content (AvgIpc) is 2.29. The van der Waals surface area contributed by atoms with E-state index in [1.165, 1.54) is 18.7 Å². The van der Waals surface area contributed by atoms with Gasteiger partial charge in [0, 0.05) is 17.5 Å². The van der Waals surface area contributed by atoms with Gasteiger partial charge in [-0.1, -0.05) is 18.2 Å². The van der Waals surface area contributed by atoms with Gasteiger partial charge in [-0.3, -0.25) is 0 Å². The molecule has 1 N–H and O–H groups in total. The van der Waals surface area contributed by atoms with Crippen molar-refractivity contribution in [3.63, 3.8) is 0 Å². The molecule has 0 saturated heterocycles. The molecule has 15 heavy (non-hydrogen) atoms. The lowest BCUT2D eigenvalue weighted by Gasteiger charge is -2.20. The van der Waals surface area contributed by atoms with E-state index in [4.69, 9.17) is 0 Å². The molecule has 0 bridgehead atoms. The Hall–Kier alpha value is -1.77. The number of anilines is 1. The minimum absolute atomic E-state index is 0.308. The Balaban J connectivity index is 2.19. The van der Waals surface area contributed by atoms with Crippen molar-refractivity contribution < 1.29 is 9.53 Å². The van der Waals surface area contributed by atoms with Crippen molar-refractivity contribution in [3.8, 4) is 0 Å². The van der Waals surface area contributed by atoms with Gasteiger partial charge in [-0.25, -0.2) is 4.79 Å². The molecule has 0 saturated carbocycles. The fraction of sp³-hybridized carbons (Fsp3) is 0.250. The summed E-state index contributed by atoms with van der Waals surface area (Å²) in [4.78, 5) is 11.1. The summed E-state index contributed by atoms with van der Waals surface area (Å²) in [6.07, 6.45) is 3.33. The van der Waals surface area contributed by atoms with Gasteiger partial charge < -0.3 is 10.1 Å². The van der Waals surface area contributed by atoms with Gasteiger partial charge in [0.2, 0.25) is 0 Å². The van der Waals surface area contributed by atoms with Crippen molar-refractivity contribution in [2.75, 3.05) is 12.4 Å². The van der Waals surface area contributed by atoms with Crippen molar-refractivity contribution in [1.82, 2.24) is 0 Å². The highest BCUT2D eigenvalue weighted by molar-refractivity contribution is 5.83. The number of fused-ring (bicyclic) bond motifs is 1. The third-order valence-corrected chi connectivity index (χ3v) is 2.47. The maximum absolute atomic E-state index is 11.1. The Morgan fingerprint density at radius 1 is 1.40 bits per heavy atom. The molecule has 1 aliphatic rings. The van der Waals surface area contributed by atoms with E-state index >= 15 is 0 Å². The number of allylic oxidation sites excluding steroid dienone is 1. The van der Waals surface area contributed by atoms with E-state index in [-0.39, 0.29) is 5.97 Å². The number of methoxy groups -OCH3 is 1. The lowest BCUT2D eigenvalue weighted by atomic mass is 10.0. The first-order valence-electron chi connectivity index (χ1n) is 4.93. The number of nitrogens with one attached hydrogen (secondary N) is 1. The molecule has 78 valence electrons. The van der Waals surface area contributed by atoms with Crippen LogP contribution in [0.2, 0.25) is 0 Å². The second-order valence-electron chi connectivity index (χ2n) is 3.47. The van der Waals surface area contributed by atoms with E-state index in [1.54, 1.807) is 0 Å². The molecular weight excluding hydrogens is 190 g/mol. The maximum Gasteiger partial charge on any atom is 0.332 e. The highest BCUT2D eigenvalue weighted by Crippen LogP contribution is 2.25. The largest absolute Gasteiger partial charge is 0.466 e. The van der Waals surface area contributed by atoms with Gasteiger partial charge in [0.15, 0.2) is 0 Å². The number of esters is 1. The van der Waals surface area contributed by atoms with Crippen LogP contribution in [-0.4, -0.2) is 13.1 Å². The van der Waals surface area contributed by atoms with Crippen molar-refractivity contribution in [3.05, 3.63) is 41.6 Å². The smallest absolute Gasteiger partial charge is 0.332 e. The number of rotatable bonds is 1. The van der Waals surface area contributed by atoms with Crippen LogP contribution in [0.1, 0.15) is 12.0 Å². The standard InChI is InChI=1S/C12H13NO2/c1-15-12(14)8-10-7-6-9-4-2-3-5-11(9)13-10/h2-5,8,13H,6-7H2,1H3/b10-8-. The molecule has 0 aliphatic carbocycles. The van der Waals surface area contributed by atoms with Gasteiger partial charge in [-0.15, -0.1) is 0 Å². The highest BCUT2D eigenvalue weighted by atomic mass is 16.5. The Bertz CT molecular complexity index is 410. The molecule has 2 rings (SSSR count). The molecule has 0 amide bonds. The van der Waals surface area contributed by atoms with Crippen molar-refractivity contribution >= 4 is 11.7 Å². The number of hydrogen-bond donors (Lipinski definition) is 1. The molecule has 1 aromatic rings. The molecule has 3 heteroatoms. The predicted molar refractivity (Wildman–Crippen MR) is 58.5 cm³/mol. The van der Waals surface area contributed by atoms with Crippen LogP contribution in [0.25, 0.3) is 0 Å². The monoisotopic (exact) mass is 203 g/mol. The summed E-state index contributed by atoms with van der Waals surface area (Å²) in [5, 5.41) is 3.22. The molecular formula is C12H13NO2. The Morgan fingerprint density at radius 3 is 3.00 bits per heavy atom. The quantitative estimate of drug-likeness (QED) is 0.561. The van der Waals surface area contributed by atoms with Gasteiger partial charge in [-0.05, 0) is 24.5 Å².